The van der Waals surface area contributed by atoms with Crippen molar-refractivity contribution in [1.82, 2.24) is 14.5 Å². The first-order chi connectivity index (χ1) is 11.7. The summed E-state index contributed by atoms with van der Waals surface area (Å²) < 4.78 is 8.44. The van der Waals surface area contributed by atoms with Crippen molar-refractivity contribution in [2.24, 2.45) is 0 Å². The van der Waals surface area contributed by atoms with Crippen molar-refractivity contribution in [2.45, 2.75) is 6.54 Å². The Hall–Kier alpha value is -1.89. The number of benzene rings is 2. The van der Waals surface area contributed by atoms with E-state index in [0.29, 0.717) is 5.95 Å². The second-order valence-corrected chi connectivity index (χ2v) is 6.91. The fourth-order valence-corrected chi connectivity index (χ4v) is 3.50. The smallest absolute Gasteiger partial charge is 0.205 e. The number of nitrogens with zero attached hydrogens (tertiary/aromatic N) is 3. The van der Waals surface area contributed by atoms with Crippen LogP contribution in [-0.2, 0) is 11.3 Å². The molecule has 0 bridgehead atoms. The predicted octanol–water partition coefficient (Wildman–Crippen LogP) is 3.20. The average Bonchev–Trinajstić information content (AvgIpc) is 2.91. The first kappa shape index (κ1) is 15.6. The maximum atomic E-state index is 6.18. The van der Waals surface area contributed by atoms with Gasteiger partial charge in [-0.25, -0.2) is 4.98 Å². The highest BCUT2D eigenvalue weighted by Gasteiger charge is 2.13. The maximum Gasteiger partial charge on any atom is 0.205 e. The van der Waals surface area contributed by atoms with Crippen LogP contribution < -0.4 is 5.73 Å². The van der Waals surface area contributed by atoms with Gasteiger partial charge < -0.3 is 10.5 Å². The summed E-state index contributed by atoms with van der Waals surface area (Å²) in [6, 6.07) is 14.5. The quantitative estimate of drug-likeness (QED) is 0.750. The normalized spacial score (nSPS) is 15.9. The summed E-state index contributed by atoms with van der Waals surface area (Å²) in [4.78, 5) is 6.88. The number of morpholine rings is 1. The number of nitrogens with two attached hydrogens (primary N) is 1. The molecule has 1 fully saturated rings. The van der Waals surface area contributed by atoms with Crippen molar-refractivity contribution < 1.29 is 4.74 Å². The molecular formula is C18H19BrN4O. The Bertz CT molecular complexity index is 871. The van der Waals surface area contributed by atoms with Crippen molar-refractivity contribution >= 4 is 32.9 Å². The van der Waals surface area contributed by atoms with Gasteiger partial charge in [0, 0.05) is 29.8 Å². The minimum absolute atomic E-state index is 0.506. The summed E-state index contributed by atoms with van der Waals surface area (Å²) in [6.45, 7) is 4.51. The molecule has 6 heteroatoms. The largest absolute Gasteiger partial charge is 0.379 e. The van der Waals surface area contributed by atoms with Gasteiger partial charge in [0.2, 0.25) is 5.95 Å². The van der Waals surface area contributed by atoms with Gasteiger partial charge in [0.15, 0.2) is 0 Å². The van der Waals surface area contributed by atoms with Gasteiger partial charge in [0.05, 0.1) is 24.2 Å². The zero-order chi connectivity index (χ0) is 16.5. The van der Waals surface area contributed by atoms with E-state index in [-0.39, 0.29) is 0 Å². The Morgan fingerprint density at radius 3 is 2.79 bits per heavy atom. The monoisotopic (exact) mass is 386 g/mol. The third-order valence-electron chi connectivity index (χ3n) is 4.32. The molecule has 1 aliphatic heterocycles. The summed E-state index contributed by atoms with van der Waals surface area (Å²) in [5, 5.41) is 0. The zero-order valence-corrected chi connectivity index (χ0v) is 14.9. The van der Waals surface area contributed by atoms with E-state index in [0.717, 1.165) is 54.0 Å². The number of halogens is 1. The van der Waals surface area contributed by atoms with E-state index < -0.39 is 0 Å². The van der Waals surface area contributed by atoms with Gasteiger partial charge in [0.25, 0.3) is 0 Å². The lowest BCUT2D eigenvalue weighted by Gasteiger charge is -2.26. The number of anilines is 1. The topological polar surface area (TPSA) is 56.3 Å². The number of fused-ring (bicyclic) bond motifs is 1. The van der Waals surface area contributed by atoms with Gasteiger partial charge >= 0.3 is 0 Å². The SMILES string of the molecule is Nc1nc2ccc(Br)cc2n1-c1cccc(CN2CCOCC2)c1. The van der Waals surface area contributed by atoms with E-state index in [2.05, 4.69) is 50.1 Å². The van der Waals surface area contributed by atoms with Gasteiger partial charge in [0.1, 0.15) is 0 Å². The van der Waals surface area contributed by atoms with E-state index in [9.17, 15) is 0 Å². The summed E-state index contributed by atoms with van der Waals surface area (Å²) in [5.41, 5.74) is 10.4. The highest BCUT2D eigenvalue weighted by Crippen LogP contribution is 2.26. The molecule has 2 heterocycles. The zero-order valence-electron chi connectivity index (χ0n) is 13.3. The van der Waals surface area contributed by atoms with Crippen LogP contribution in [-0.4, -0.2) is 40.8 Å². The fraction of sp³-hybridized carbons (Fsp3) is 0.278. The number of hydrogen-bond acceptors (Lipinski definition) is 4. The Balaban J connectivity index is 1.70. The van der Waals surface area contributed by atoms with E-state index in [1.54, 1.807) is 0 Å². The molecule has 0 atom stereocenters. The van der Waals surface area contributed by atoms with Crippen molar-refractivity contribution in [2.75, 3.05) is 32.0 Å². The van der Waals surface area contributed by atoms with E-state index >= 15 is 0 Å². The van der Waals surface area contributed by atoms with Crippen molar-refractivity contribution in [3.05, 3.63) is 52.5 Å². The lowest BCUT2D eigenvalue weighted by Crippen LogP contribution is -2.35. The lowest BCUT2D eigenvalue weighted by atomic mass is 10.1. The number of nitrogen functional groups attached to an aromatic ring is 1. The molecule has 2 N–H and O–H groups in total. The molecule has 1 aliphatic rings. The molecule has 0 aliphatic carbocycles. The number of rotatable bonds is 3. The molecule has 0 unspecified atom stereocenters. The van der Waals surface area contributed by atoms with Crippen molar-refractivity contribution in [1.29, 1.82) is 0 Å². The van der Waals surface area contributed by atoms with Crippen LogP contribution in [0.1, 0.15) is 5.56 Å². The third-order valence-corrected chi connectivity index (χ3v) is 4.81. The number of imidazole rings is 1. The van der Waals surface area contributed by atoms with Gasteiger partial charge in [-0.2, -0.15) is 0 Å². The number of ether oxygens (including phenoxy) is 1. The Morgan fingerprint density at radius 2 is 1.96 bits per heavy atom. The molecule has 4 rings (SSSR count). The molecule has 2 aromatic carbocycles. The number of aromatic nitrogens is 2. The summed E-state index contributed by atoms with van der Waals surface area (Å²) in [7, 11) is 0. The van der Waals surface area contributed by atoms with Crippen LogP contribution in [0.4, 0.5) is 5.95 Å². The minimum Gasteiger partial charge on any atom is -0.379 e. The molecule has 0 amide bonds. The summed E-state index contributed by atoms with van der Waals surface area (Å²) >= 11 is 3.53. The van der Waals surface area contributed by atoms with Crippen LogP contribution in [0, 0.1) is 0 Å². The average molecular weight is 387 g/mol. The van der Waals surface area contributed by atoms with Crippen LogP contribution in [0.5, 0.6) is 0 Å². The fourth-order valence-electron chi connectivity index (χ4n) is 3.15. The van der Waals surface area contributed by atoms with Crippen LogP contribution >= 0.6 is 15.9 Å². The minimum atomic E-state index is 0.506. The highest BCUT2D eigenvalue weighted by molar-refractivity contribution is 9.10. The Kier molecular flexibility index (Phi) is 4.26. The van der Waals surface area contributed by atoms with Crippen molar-refractivity contribution in [3.8, 4) is 5.69 Å². The van der Waals surface area contributed by atoms with Gasteiger partial charge in [-0.05, 0) is 35.9 Å². The van der Waals surface area contributed by atoms with Gasteiger partial charge in [-0.1, -0.05) is 28.1 Å². The Morgan fingerprint density at radius 1 is 1.12 bits per heavy atom. The second kappa shape index (κ2) is 6.55. The number of hydrogen-bond donors (Lipinski definition) is 1. The van der Waals surface area contributed by atoms with Crippen molar-refractivity contribution in [3.63, 3.8) is 0 Å². The first-order valence-electron chi connectivity index (χ1n) is 8.03. The Labute approximate surface area is 149 Å². The lowest BCUT2D eigenvalue weighted by molar-refractivity contribution is 0.0342. The van der Waals surface area contributed by atoms with E-state index in [1.807, 2.05) is 22.8 Å². The van der Waals surface area contributed by atoms with Crippen LogP contribution in [0.15, 0.2) is 46.9 Å². The second-order valence-electron chi connectivity index (χ2n) is 6.00. The predicted molar refractivity (Wildman–Crippen MR) is 99.3 cm³/mol. The maximum absolute atomic E-state index is 6.18. The van der Waals surface area contributed by atoms with Gasteiger partial charge in [-0.15, -0.1) is 0 Å². The molecule has 1 saturated heterocycles. The molecule has 3 aromatic rings. The van der Waals surface area contributed by atoms with Crippen LogP contribution in [0.25, 0.3) is 16.7 Å². The van der Waals surface area contributed by atoms with Gasteiger partial charge in [-0.3, -0.25) is 9.47 Å². The third kappa shape index (κ3) is 3.05. The standard InChI is InChI=1S/C18H19BrN4O/c19-14-4-5-16-17(11-14)23(18(20)21-16)15-3-1-2-13(10-15)12-22-6-8-24-9-7-22/h1-5,10-11H,6-9,12H2,(H2,20,21). The van der Waals surface area contributed by atoms with E-state index in [1.165, 1.54) is 5.56 Å². The molecule has 5 nitrogen and oxygen atoms in total. The molecule has 24 heavy (non-hydrogen) atoms. The first-order valence-corrected chi connectivity index (χ1v) is 8.83. The molecular weight excluding hydrogens is 368 g/mol. The molecule has 0 spiro atoms. The van der Waals surface area contributed by atoms with E-state index in [4.69, 9.17) is 10.5 Å². The highest BCUT2D eigenvalue weighted by atomic mass is 79.9. The van der Waals surface area contributed by atoms with Crippen LogP contribution in [0.2, 0.25) is 0 Å². The molecule has 124 valence electrons. The summed E-state index contributed by atoms with van der Waals surface area (Å²) in [6.07, 6.45) is 0. The van der Waals surface area contributed by atoms with Crippen LogP contribution in [0.3, 0.4) is 0 Å². The molecule has 1 aromatic heterocycles. The molecule has 0 saturated carbocycles. The summed E-state index contributed by atoms with van der Waals surface area (Å²) in [5.74, 6) is 0.506. The molecule has 0 radical (unpaired) electrons.